The van der Waals surface area contributed by atoms with Gasteiger partial charge in [0.25, 0.3) is 0 Å². The van der Waals surface area contributed by atoms with Crippen LogP contribution >= 0.6 is 0 Å². The third-order valence-electron chi connectivity index (χ3n) is 7.71. The Balaban J connectivity index is 0.00000507. The molecule has 0 fully saturated rings. The van der Waals surface area contributed by atoms with Crippen molar-refractivity contribution in [3.05, 3.63) is 87.5 Å². The van der Waals surface area contributed by atoms with Gasteiger partial charge in [0, 0.05) is 38.8 Å². The van der Waals surface area contributed by atoms with Crippen LogP contribution < -0.4 is 0 Å². The third kappa shape index (κ3) is 8.77. The summed E-state index contributed by atoms with van der Waals surface area (Å²) >= 11 is 0. The number of aryl methyl sites for hydroxylation is 2. The standard InChI is InChI=1S/C35H50N2.Ni/c1-5-9-13-18-28-20-16-22-30(26-28)34-32(24-12-8-4)33(25-15-11-7-3)35(37(34)36)31-23-17-21-29(27-31)19-14-10-6-2;/h16-17,20-23,26-27H,5-15,18-19,24-25H2,1-4H3;. The van der Waals surface area contributed by atoms with Gasteiger partial charge in [-0.25, -0.2) is 4.70 Å². The van der Waals surface area contributed by atoms with Gasteiger partial charge in [-0.15, -0.1) is 0 Å². The molecule has 0 saturated heterocycles. The molecule has 0 unspecified atom stereocenters. The predicted octanol–water partition coefficient (Wildman–Crippen LogP) is 11.1. The Hall–Kier alpha value is -1.99. The average molecular weight is 557 g/mol. The molecule has 1 heterocycles. The molecule has 2 aromatic carbocycles. The molecule has 38 heavy (non-hydrogen) atoms. The normalized spacial score (nSPS) is 13.4. The summed E-state index contributed by atoms with van der Waals surface area (Å²) in [6.45, 7) is 9.05. The summed E-state index contributed by atoms with van der Waals surface area (Å²) < 4.78 is 1.56. The van der Waals surface area contributed by atoms with Crippen LogP contribution in [0.4, 0.5) is 0 Å². The van der Waals surface area contributed by atoms with Crippen LogP contribution in [0.2, 0.25) is 0 Å². The number of rotatable bonds is 17. The summed E-state index contributed by atoms with van der Waals surface area (Å²) in [5.74, 6) is 0. The number of benzene rings is 2. The van der Waals surface area contributed by atoms with Crippen LogP contribution in [-0.4, -0.2) is 4.70 Å². The van der Waals surface area contributed by atoms with Crippen LogP contribution in [0.3, 0.4) is 0 Å². The average Bonchev–Trinajstić information content (AvgIpc) is 3.19. The van der Waals surface area contributed by atoms with E-state index in [2.05, 4.69) is 76.2 Å². The Bertz CT molecular complexity index is 1080. The van der Waals surface area contributed by atoms with Crippen LogP contribution in [0.5, 0.6) is 0 Å². The van der Waals surface area contributed by atoms with E-state index < -0.39 is 0 Å². The zero-order chi connectivity index (χ0) is 26.5. The van der Waals surface area contributed by atoms with Crippen molar-refractivity contribution in [3.8, 4) is 0 Å². The first kappa shape index (κ1) is 32.2. The second kappa shape index (κ2) is 17.6. The Kier molecular flexibility index (Phi) is 14.9. The molecule has 210 valence electrons. The number of allylic oxidation sites excluding steroid dienone is 2. The van der Waals surface area contributed by atoms with E-state index in [4.69, 9.17) is 0 Å². The Morgan fingerprint density at radius 1 is 0.526 bits per heavy atom. The summed E-state index contributed by atoms with van der Waals surface area (Å²) in [5.41, 5.74) is 21.7. The van der Waals surface area contributed by atoms with Crippen LogP contribution in [0.1, 0.15) is 133 Å². The van der Waals surface area contributed by atoms with E-state index in [-0.39, 0.29) is 16.5 Å². The SMILES string of the molecule is CCCCCC1=C(c2cccc(CCCCC)c2)[N+](=[N-])C(c2cccc(CCCCC)c2)=C1CCCC.[Ni]. The van der Waals surface area contributed by atoms with Gasteiger partial charge in [-0.3, -0.25) is 0 Å². The van der Waals surface area contributed by atoms with E-state index in [1.54, 1.807) is 4.70 Å². The fourth-order valence-electron chi connectivity index (χ4n) is 5.60. The number of nitrogens with zero attached hydrogens (tertiary/aromatic N) is 2. The van der Waals surface area contributed by atoms with Gasteiger partial charge in [0.05, 0.1) is 0 Å². The molecule has 0 aliphatic carbocycles. The molecule has 0 atom stereocenters. The van der Waals surface area contributed by atoms with Crippen molar-refractivity contribution in [2.24, 2.45) is 0 Å². The molecule has 0 aromatic heterocycles. The summed E-state index contributed by atoms with van der Waals surface area (Å²) in [6, 6.07) is 17.9. The Morgan fingerprint density at radius 3 is 1.34 bits per heavy atom. The van der Waals surface area contributed by atoms with Crippen LogP contribution in [0.25, 0.3) is 16.9 Å². The van der Waals surface area contributed by atoms with E-state index in [1.807, 2.05) is 0 Å². The minimum Gasteiger partial charge on any atom is -0.493 e. The molecular formula is C35H50N2Ni. The minimum absolute atomic E-state index is 0. The van der Waals surface area contributed by atoms with Crippen molar-refractivity contribution in [3.63, 3.8) is 0 Å². The maximum Gasteiger partial charge on any atom is 0.211 e. The molecule has 1 aliphatic heterocycles. The van der Waals surface area contributed by atoms with Gasteiger partial charge in [0.1, 0.15) is 0 Å². The van der Waals surface area contributed by atoms with Gasteiger partial charge in [-0.2, -0.15) is 0 Å². The van der Waals surface area contributed by atoms with Gasteiger partial charge in [0.15, 0.2) is 0 Å². The van der Waals surface area contributed by atoms with Gasteiger partial charge >= 0.3 is 0 Å². The molecule has 1 aliphatic rings. The van der Waals surface area contributed by atoms with Crippen LogP contribution in [-0.2, 0) is 29.3 Å². The molecule has 2 nitrogen and oxygen atoms in total. The van der Waals surface area contributed by atoms with Crippen LogP contribution in [0, 0.1) is 0 Å². The fourth-order valence-corrected chi connectivity index (χ4v) is 5.60. The van der Waals surface area contributed by atoms with Gasteiger partial charge < -0.3 is 5.53 Å². The molecule has 2 aromatic rings. The van der Waals surface area contributed by atoms with E-state index in [0.717, 1.165) is 61.0 Å². The van der Waals surface area contributed by atoms with Crippen molar-refractivity contribution < 1.29 is 21.2 Å². The first-order valence-corrected chi connectivity index (χ1v) is 15.3. The minimum atomic E-state index is 0. The van der Waals surface area contributed by atoms with E-state index in [0.29, 0.717) is 0 Å². The Morgan fingerprint density at radius 2 is 0.921 bits per heavy atom. The smallest absolute Gasteiger partial charge is 0.211 e. The first-order valence-electron chi connectivity index (χ1n) is 15.3. The second-order valence-electron chi connectivity index (χ2n) is 10.8. The van der Waals surface area contributed by atoms with Crippen molar-refractivity contribution in [1.82, 2.24) is 0 Å². The first-order chi connectivity index (χ1) is 18.1. The van der Waals surface area contributed by atoms with Crippen molar-refractivity contribution >= 4 is 11.4 Å². The van der Waals surface area contributed by atoms with Gasteiger partial charge in [-0.05, 0) is 86.8 Å². The number of hydrogen-bond acceptors (Lipinski definition) is 0. The molecule has 0 bridgehead atoms. The summed E-state index contributed by atoms with van der Waals surface area (Å²) in [4.78, 5) is 0. The molecule has 0 amide bonds. The fraction of sp³-hybridized carbons (Fsp3) is 0.543. The number of hydrogen-bond donors (Lipinski definition) is 0. The summed E-state index contributed by atoms with van der Waals surface area (Å²) in [6.07, 6.45) is 17.6. The van der Waals surface area contributed by atoms with Crippen LogP contribution in [0.15, 0.2) is 59.7 Å². The van der Waals surface area contributed by atoms with E-state index >= 15 is 0 Å². The molecule has 0 radical (unpaired) electrons. The molecule has 3 heteroatoms. The third-order valence-corrected chi connectivity index (χ3v) is 7.71. The second-order valence-corrected chi connectivity index (χ2v) is 10.8. The number of unbranched alkanes of at least 4 members (excludes halogenated alkanes) is 7. The molecule has 0 N–H and O–H groups in total. The van der Waals surface area contributed by atoms with Gasteiger partial charge in [0.2, 0.25) is 11.4 Å². The summed E-state index contributed by atoms with van der Waals surface area (Å²) in [7, 11) is 0. The van der Waals surface area contributed by atoms with Crippen molar-refractivity contribution in [2.75, 3.05) is 0 Å². The zero-order valence-electron chi connectivity index (χ0n) is 24.4. The van der Waals surface area contributed by atoms with E-state index in [1.165, 1.54) is 80.1 Å². The largest absolute Gasteiger partial charge is 0.493 e. The zero-order valence-corrected chi connectivity index (χ0v) is 25.4. The summed E-state index contributed by atoms with van der Waals surface area (Å²) in [5, 5.41) is 0. The Labute approximate surface area is 243 Å². The maximum absolute atomic E-state index is 11.9. The predicted molar refractivity (Wildman–Crippen MR) is 160 cm³/mol. The molecule has 0 saturated carbocycles. The topological polar surface area (TPSA) is 25.3 Å². The quantitative estimate of drug-likeness (QED) is 0.105. The van der Waals surface area contributed by atoms with Crippen molar-refractivity contribution in [1.29, 1.82) is 0 Å². The van der Waals surface area contributed by atoms with Crippen molar-refractivity contribution in [2.45, 2.75) is 124 Å². The molecule has 0 spiro atoms. The molecule has 3 rings (SSSR count). The molecular weight excluding hydrogens is 507 g/mol. The maximum atomic E-state index is 11.9. The van der Waals surface area contributed by atoms with Gasteiger partial charge in [-0.1, -0.05) is 96.9 Å². The van der Waals surface area contributed by atoms with E-state index in [9.17, 15) is 5.53 Å². The monoisotopic (exact) mass is 556 g/mol.